The van der Waals surface area contributed by atoms with E-state index < -0.39 is 12.0 Å². The van der Waals surface area contributed by atoms with Crippen LogP contribution < -0.4 is 14.8 Å². The average molecular weight is 287 g/mol. The Labute approximate surface area is 123 Å². The van der Waals surface area contributed by atoms with Crippen LogP contribution in [0.5, 0.6) is 11.5 Å². The van der Waals surface area contributed by atoms with Crippen LogP contribution in [-0.2, 0) is 4.79 Å². The molecule has 0 fully saturated rings. The third kappa shape index (κ3) is 3.66. The number of rotatable bonds is 6. The fraction of sp³-hybridized carbons (Fsp3) is 0.188. The lowest BCUT2D eigenvalue weighted by Crippen LogP contribution is -2.20. The molecule has 0 amide bonds. The first-order valence-electron chi connectivity index (χ1n) is 6.41. The molecular weight excluding hydrogens is 270 g/mol. The quantitative estimate of drug-likeness (QED) is 0.855. The fourth-order valence-corrected chi connectivity index (χ4v) is 1.96. The number of carbonyl (C=O) groups is 1. The number of benzene rings is 2. The lowest BCUT2D eigenvalue weighted by molar-refractivity contribution is -0.138. The number of carboxylic acids is 1. The Morgan fingerprint density at radius 3 is 2.29 bits per heavy atom. The van der Waals surface area contributed by atoms with E-state index in [1.807, 2.05) is 0 Å². The van der Waals surface area contributed by atoms with Gasteiger partial charge in [-0.3, -0.25) is 0 Å². The normalized spacial score (nSPS) is 11.5. The largest absolute Gasteiger partial charge is 0.497 e. The molecule has 5 heteroatoms. The Kier molecular flexibility index (Phi) is 4.66. The molecule has 0 saturated heterocycles. The summed E-state index contributed by atoms with van der Waals surface area (Å²) in [5, 5.41) is 12.4. The predicted molar refractivity (Wildman–Crippen MR) is 80.0 cm³/mol. The molecule has 0 aromatic heterocycles. The van der Waals surface area contributed by atoms with Gasteiger partial charge >= 0.3 is 5.97 Å². The number of hydrogen-bond acceptors (Lipinski definition) is 4. The van der Waals surface area contributed by atoms with Gasteiger partial charge in [0.1, 0.15) is 11.5 Å². The van der Waals surface area contributed by atoms with Gasteiger partial charge in [0.15, 0.2) is 6.04 Å². The highest BCUT2D eigenvalue weighted by molar-refractivity contribution is 5.79. The second-order valence-corrected chi connectivity index (χ2v) is 4.42. The number of anilines is 1. The van der Waals surface area contributed by atoms with E-state index >= 15 is 0 Å². The molecule has 1 atom stereocenters. The topological polar surface area (TPSA) is 67.8 Å². The minimum Gasteiger partial charge on any atom is -0.497 e. The van der Waals surface area contributed by atoms with Crippen LogP contribution in [0, 0.1) is 0 Å². The summed E-state index contributed by atoms with van der Waals surface area (Å²) in [7, 11) is 3.13. The third-order valence-corrected chi connectivity index (χ3v) is 3.08. The molecule has 21 heavy (non-hydrogen) atoms. The van der Waals surface area contributed by atoms with Crippen LogP contribution in [0.3, 0.4) is 0 Å². The molecule has 5 nitrogen and oxygen atoms in total. The SMILES string of the molecule is COc1ccc(NC(C(=O)O)c2cccc(OC)c2)cc1. The molecule has 0 saturated carbocycles. The van der Waals surface area contributed by atoms with Crippen molar-refractivity contribution in [1.82, 2.24) is 0 Å². The molecule has 0 aliphatic heterocycles. The van der Waals surface area contributed by atoms with Crippen LogP contribution in [0.4, 0.5) is 5.69 Å². The van der Waals surface area contributed by atoms with Crippen molar-refractivity contribution >= 4 is 11.7 Å². The smallest absolute Gasteiger partial charge is 0.330 e. The molecule has 0 heterocycles. The van der Waals surface area contributed by atoms with Gasteiger partial charge in [-0.15, -0.1) is 0 Å². The lowest BCUT2D eigenvalue weighted by Gasteiger charge is -2.17. The maximum Gasteiger partial charge on any atom is 0.330 e. The summed E-state index contributed by atoms with van der Waals surface area (Å²) in [6, 6.07) is 13.2. The summed E-state index contributed by atoms with van der Waals surface area (Å²) in [6.07, 6.45) is 0. The Morgan fingerprint density at radius 1 is 1.05 bits per heavy atom. The zero-order chi connectivity index (χ0) is 15.2. The fourth-order valence-electron chi connectivity index (χ4n) is 1.96. The van der Waals surface area contributed by atoms with E-state index in [1.54, 1.807) is 62.8 Å². The Balaban J connectivity index is 2.23. The minimum absolute atomic E-state index is 0.621. The minimum atomic E-state index is -0.959. The van der Waals surface area contributed by atoms with Crippen molar-refractivity contribution < 1.29 is 19.4 Å². The van der Waals surface area contributed by atoms with E-state index in [4.69, 9.17) is 9.47 Å². The molecule has 2 aromatic rings. The Hall–Kier alpha value is -2.69. The zero-order valence-electron chi connectivity index (χ0n) is 11.9. The van der Waals surface area contributed by atoms with Crippen LogP contribution in [0.25, 0.3) is 0 Å². The highest BCUT2D eigenvalue weighted by Gasteiger charge is 2.20. The zero-order valence-corrected chi connectivity index (χ0v) is 11.9. The summed E-state index contributed by atoms with van der Waals surface area (Å²) in [5.74, 6) is 0.378. The van der Waals surface area contributed by atoms with Crippen molar-refractivity contribution in [1.29, 1.82) is 0 Å². The Bertz CT molecular complexity index is 610. The molecule has 2 aromatic carbocycles. The summed E-state index contributed by atoms with van der Waals surface area (Å²) < 4.78 is 10.2. The van der Waals surface area contributed by atoms with E-state index in [2.05, 4.69) is 5.32 Å². The van der Waals surface area contributed by atoms with Crippen molar-refractivity contribution in [2.75, 3.05) is 19.5 Å². The van der Waals surface area contributed by atoms with Crippen LogP contribution >= 0.6 is 0 Å². The first-order chi connectivity index (χ1) is 10.1. The van der Waals surface area contributed by atoms with Gasteiger partial charge in [-0.25, -0.2) is 4.79 Å². The number of hydrogen-bond donors (Lipinski definition) is 2. The van der Waals surface area contributed by atoms with Crippen LogP contribution in [0.15, 0.2) is 48.5 Å². The van der Waals surface area contributed by atoms with Crippen molar-refractivity contribution in [2.45, 2.75) is 6.04 Å². The third-order valence-electron chi connectivity index (χ3n) is 3.08. The average Bonchev–Trinajstić information content (AvgIpc) is 2.53. The summed E-state index contributed by atoms with van der Waals surface area (Å²) in [5.41, 5.74) is 1.32. The van der Waals surface area contributed by atoms with Crippen LogP contribution in [-0.4, -0.2) is 25.3 Å². The molecule has 110 valence electrons. The molecule has 2 rings (SSSR count). The van der Waals surface area contributed by atoms with Crippen LogP contribution in [0.2, 0.25) is 0 Å². The van der Waals surface area contributed by atoms with E-state index in [0.29, 0.717) is 22.7 Å². The summed E-state index contributed by atoms with van der Waals surface area (Å²) in [4.78, 5) is 11.5. The molecule has 0 aliphatic carbocycles. The van der Waals surface area contributed by atoms with E-state index in [9.17, 15) is 9.90 Å². The van der Waals surface area contributed by atoms with Crippen LogP contribution in [0.1, 0.15) is 11.6 Å². The second-order valence-electron chi connectivity index (χ2n) is 4.42. The van der Waals surface area contributed by atoms with Crippen molar-refractivity contribution in [3.8, 4) is 11.5 Å². The van der Waals surface area contributed by atoms with Gasteiger partial charge in [0.25, 0.3) is 0 Å². The highest BCUT2D eigenvalue weighted by atomic mass is 16.5. The number of aliphatic carboxylic acids is 1. The molecule has 0 bridgehead atoms. The van der Waals surface area contributed by atoms with E-state index in [0.717, 1.165) is 0 Å². The molecule has 2 N–H and O–H groups in total. The number of nitrogens with one attached hydrogen (secondary N) is 1. The summed E-state index contributed by atoms with van der Waals surface area (Å²) in [6.45, 7) is 0. The maximum absolute atomic E-state index is 11.5. The molecule has 1 unspecified atom stereocenters. The number of ether oxygens (including phenoxy) is 2. The summed E-state index contributed by atoms with van der Waals surface area (Å²) >= 11 is 0. The first-order valence-corrected chi connectivity index (χ1v) is 6.41. The second kappa shape index (κ2) is 6.65. The maximum atomic E-state index is 11.5. The standard InChI is InChI=1S/C16H17NO4/c1-20-13-8-6-12(7-9-13)17-15(16(18)19)11-4-3-5-14(10-11)21-2/h3-10,15,17H,1-2H3,(H,18,19). The first kappa shape index (κ1) is 14.7. The molecule has 0 spiro atoms. The predicted octanol–water partition coefficient (Wildman–Crippen LogP) is 2.94. The van der Waals surface area contributed by atoms with Gasteiger partial charge in [-0.05, 0) is 42.0 Å². The monoisotopic (exact) mass is 287 g/mol. The van der Waals surface area contributed by atoms with Gasteiger partial charge in [0.2, 0.25) is 0 Å². The number of methoxy groups -OCH3 is 2. The highest BCUT2D eigenvalue weighted by Crippen LogP contribution is 2.24. The number of carboxylic acid groups (broad SMARTS) is 1. The van der Waals surface area contributed by atoms with E-state index in [-0.39, 0.29) is 0 Å². The van der Waals surface area contributed by atoms with Gasteiger partial charge < -0.3 is 19.9 Å². The van der Waals surface area contributed by atoms with Gasteiger partial charge in [0, 0.05) is 5.69 Å². The van der Waals surface area contributed by atoms with E-state index in [1.165, 1.54) is 0 Å². The molecule has 0 radical (unpaired) electrons. The molecular formula is C16H17NO4. The van der Waals surface area contributed by atoms with Crippen molar-refractivity contribution in [2.24, 2.45) is 0 Å². The lowest BCUT2D eigenvalue weighted by atomic mass is 10.1. The Morgan fingerprint density at radius 2 is 1.71 bits per heavy atom. The van der Waals surface area contributed by atoms with Gasteiger partial charge in [0.05, 0.1) is 14.2 Å². The van der Waals surface area contributed by atoms with Crippen molar-refractivity contribution in [3.63, 3.8) is 0 Å². The molecule has 0 aliphatic rings. The van der Waals surface area contributed by atoms with Gasteiger partial charge in [-0.1, -0.05) is 12.1 Å². The van der Waals surface area contributed by atoms with Gasteiger partial charge in [-0.2, -0.15) is 0 Å². The van der Waals surface area contributed by atoms with Crippen molar-refractivity contribution in [3.05, 3.63) is 54.1 Å².